The fourth-order valence-corrected chi connectivity index (χ4v) is 2.69. The van der Waals surface area contributed by atoms with Crippen LogP contribution in [0.1, 0.15) is 7.43 Å². The van der Waals surface area contributed by atoms with Crippen LogP contribution >= 0.6 is 0 Å². The third-order valence-corrected chi connectivity index (χ3v) is 3.86. The lowest BCUT2D eigenvalue weighted by Gasteiger charge is -2.09. The molecule has 4 rings (SSSR count). The van der Waals surface area contributed by atoms with Gasteiger partial charge in [0.25, 0.3) is 0 Å². The molecule has 0 bridgehead atoms. The smallest absolute Gasteiger partial charge is 0.128 e. The zero-order chi connectivity index (χ0) is 15.6. The summed E-state index contributed by atoms with van der Waals surface area (Å²) in [5, 5.41) is 1.09. The number of aromatic nitrogens is 3. The number of para-hydroxylation sites is 1. The number of benzene rings is 2. The fourth-order valence-electron chi connectivity index (χ4n) is 2.69. The van der Waals surface area contributed by atoms with E-state index in [4.69, 9.17) is 9.72 Å². The Labute approximate surface area is 141 Å². The zero-order valence-electron chi connectivity index (χ0n) is 12.7. The predicted molar refractivity (Wildman–Crippen MR) is 97.6 cm³/mol. The molecular weight excluding hydrogens is 298 g/mol. The van der Waals surface area contributed by atoms with Crippen LogP contribution in [-0.2, 0) is 0 Å². The molecule has 0 unspecified atom stereocenters. The molecule has 0 aliphatic heterocycles. The third-order valence-electron chi connectivity index (χ3n) is 3.86. The summed E-state index contributed by atoms with van der Waals surface area (Å²) in [6, 6.07) is 18.2. The van der Waals surface area contributed by atoms with Crippen molar-refractivity contribution in [2.24, 2.45) is 0 Å². The molecule has 0 aliphatic carbocycles. The van der Waals surface area contributed by atoms with Crippen LogP contribution in [0.25, 0.3) is 27.8 Å². The number of methoxy groups -OCH3 is 1. The average Bonchev–Trinajstić information content (AvgIpc) is 3.15. The first-order valence-electron chi connectivity index (χ1n) is 7.38. The zero-order valence-corrected chi connectivity index (χ0v) is 12.7. The molecule has 0 amide bonds. The van der Waals surface area contributed by atoms with E-state index >= 15 is 0 Å². The summed E-state index contributed by atoms with van der Waals surface area (Å²) in [6.07, 6.45) is 5.49. The minimum absolute atomic E-state index is 0. The molecule has 0 fully saturated rings. The SMILES string of the molecule is C.COc1ccccc1-c1ccc2cc(-n3ccnc3)ccc2n1. The van der Waals surface area contributed by atoms with Crippen molar-refractivity contribution in [3.05, 3.63) is 73.3 Å². The first kappa shape index (κ1) is 15.7. The number of rotatable bonds is 3. The molecule has 0 atom stereocenters. The van der Waals surface area contributed by atoms with E-state index < -0.39 is 0 Å². The van der Waals surface area contributed by atoms with Gasteiger partial charge in [0, 0.05) is 29.0 Å². The van der Waals surface area contributed by atoms with Crippen molar-refractivity contribution in [2.45, 2.75) is 7.43 Å². The molecule has 0 saturated carbocycles. The Morgan fingerprint density at radius 3 is 2.67 bits per heavy atom. The van der Waals surface area contributed by atoms with E-state index in [1.165, 1.54) is 0 Å². The largest absolute Gasteiger partial charge is 0.496 e. The van der Waals surface area contributed by atoms with Crippen LogP contribution in [0.15, 0.2) is 73.3 Å². The Hall–Kier alpha value is -3.14. The van der Waals surface area contributed by atoms with Gasteiger partial charge in [-0.05, 0) is 36.4 Å². The second-order valence-electron chi connectivity index (χ2n) is 5.24. The maximum absolute atomic E-state index is 5.43. The Bertz CT molecular complexity index is 962. The van der Waals surface area contributed by atoms with Crippen LogP contribution < -0.4 is 4.74 Å². The van der Waals surface area contributed by atoms with Crippen molar-refractivity contribution in [1.82, 2.24) is 14.5 Å². The average molecular weight is 317 g/mol. The Morgan fingerprint density at radius 1 is 1.00 bits per heavy atom. The quantitative estimate of drug-likeness (QED) is 0.548. The minimum Gasteiger partial charge on any atom is -0.496 e. The van der Waals surface area contributed by atoms with Crippen LogP contribution in [0.3, 0.4) is 0 Å². The molecular formula is C20H19N3O. The Morgan fingerprint density at radius 2 is 1.88 bits per heavy atom. The molecule has 0 N–H and O–H groups in total. The van der Waals surface area contributed by atoms with E-state index in [0.717, 1.165) is 33.6 Å². The van der Waals surface area contributed by atoms with Gasteiger partial charge in [-0.3, -0.25) is 0 Å². The molecule has 4 aromatic rings. The second-order valence-corrected chi connectivity index (χ2v) is 5.24. The van der Waals surface area contributed by atoms with Gasteiger partial charge in [-0.1, -0.05) is 25.6 Å². The first-order valence-corrected chi connectivity index (χ1v) is 7.38. The van der Waals surface area contributed by atoms with Crippen molar-refractivity contribution >= 4 is 10.9 Å². The lowest BCUT2D eigenvalue weighted by Crippen LogP contribution is -1.92. The standard InChI is InChI=1S/C19H15N3O.CH4/c1-23-19-5-3-2-4-16(19)18-8-6-14-12-15(7-9-17(14)21-18)22-11-10-20-13-22;/h2-13H,1H3;1H4. The van der Waals surface area contributed by atoms with Crippen molar-refractivity contribution in [3.8, 4) is 22.7 Å². The lowest BCUT2D eigenvalue weighted by atomic mass is 10.1. The summed E-state index contributed by atoms with van der Waals surface area (Å²) >= 11 is 0. The number of hydrogen-bond donors (Lipinski definition) is 0. The van der Waals surface area contributed by atoms with Gasteiger partial charge in [0.05, 0.1) is 24.6 Å². The molecule has 0 spiro atoms. The summed E-state index contributed by atoms with van der Waals surface area (Å²) in [4.78, 5) is 8.86. The summed E-state index contributed by atoms with van der Waals surface area (Å²) in [5.74, 6) is 0.828. The Balaban J connectivity index is 0.00000169. The third kappa shape index (κ3) is 2.74. The molecule has 24 heavy (non-hydrogen) atoms. The monoisotopic (exact) mass is 317 g/mol. The van der Waals surface area contributed by atoms with Gasteiger partial charge in [-0.25, -0.2) is 9.97 Å². The van der Waals surface area contributed by atoms with Gasteiger partial charge in [-0.15, -0.1) is 0 Å². The van der Waals surface area contributed by atoms with E-state index in [0.29, 0.717) is 0 Å². The number of nitrogens with zero attached hydrogens (tertiary/aromatic N) is 3. The fraction of sp³-hybridized carbons (Fsp3) is 0.100. The number of hydrogen-bond acceptors (Lipinski definition) is 3. The molecule has 0 radical (unpaired) electrons. The highest BCUT2D eigenvalue weighted by molar-refractivity contribution is 5.84. The molecule has 120 valence electrons. The molecule has 2 aromatic carbocycles. The maximum Gasteiger partial charge on any atom is 0.128 e. The predicted octanol–water partition coefficient (Wildman–Crippen LogP) is 4.73. The first-order chi connectivity index (χ1) is 11.3. The number of pyridine rings is 1. The number of fused-ring (bicyclic) bond motifs is 1. The summed E-state index contributed by atoms with van der Waals surface area (Å²) in [7, 11) is 1.68. The highest BCUT2D eigenvalue weighted by atomic mass is 16.5. The molecule has 0 aliphatic rings. The van der Waals surface area contributed by atoms with Gasteiger partial charge < -0.3 is 9.30 Å². The van der Waals surface area contributed by atoms with Gasteiger partial charge in [0.2, 0.25) is 0 Å². The minimum atomic E-state index is 0. The van der Waals surface area contributed by atoms with Crippen molar-refractivity contribution in [2.75, 3.05) is 7.11 Å². The Kier molecular flexibility index (Phi) is 4.29. The molecule has 4 heteroatoms. The van der Waals surface area contributed by atoms with Gasteiger partial charge in [0.15, 0.2) is 0 Å². The van der Waals surface area contributed by atoms with Crippen LogP contribution in [-0.4, -0.2) is 21.6 Å². The van der Waals surface area contributed by atoms with Crippen molar-refractivity contribution in [3.63, 3.8) is 0 Å². The van der Waals surface area contributed by atoms with Crippen LogP contribution in [0, 0.1) is 0 Å². The molecule has 4 nitrogen and oxygen atoms in total. The van der Waals surface area contributed by atoms with E-state index in [1.807, 2.05) is 53.2 Å². The number of ether oxygens (including phenoxy) is 1. The van der Waals surface area contributed by atoms with Crippen molar-refractivity contribution in [1.29, 1.82) is 0 Å². The van der Waals surface area contributed by atoms with E-state index in [9.17, 15) is 0 Å². The van der Waals surface area contributed by atoms with E-state index in [2.05, 4.69) is 17.1 Å². The van der Waals surface area contributed by atoms with Gasteiger partial charge in [-0.2, -0.15) is 0 Å². The second kappa shape index (κ2) is 6.54. The van der Waals surface area contributed by atoms with E-state index in [-0.39, 0.29) is 7.43 Å². The van der Waals surface area contributed by atoms with Crippen LogP contribution in [0.5, 0.6) is 5.75 Å². The maximum atomic E-state index is 5.43. The van der Waals surface area contributed by atoms with Gasteiger partial charge >= 0.3 is 0 Å². The van der Waals surface area contributed by atoms with Gasteiger partial charge in [0.1, 0.15) is 5.75 Å². The summed E-state index contributed by atoms with van der Waals surface area (Å²) in [5.41, 5.74) is 3.93. The summed E-state index contributed by atoms with van der Waals surface area (Å²) in [6.45, 7) is 0. The van der Waals surface area contributed by atoms with Crippen LogP contribution in [0.4, 0.5) is 0 Å². The highest BCUT2D eigenvalue weighted by Crippen LogP contribution is 2.29. The molecule has 0 saturated heterocycles. The van der Waals surface area contributed by atoms with E-state index in [1.54, 1.807) is 19.6 Å². The topological polar surface area (TPSA) is 39.9 Å². The molecule has 2 heterocycles. The van der Waals surface area contributed by atoms with Crippen molar-refractivity contribution < 1.29 is 4.74 Å². The molecule has 2 aromatic heterocycles. The highest BCUT2D eigenvalue weighted by Gasteiger charge is 2.07. The number of imidazole rings is 1. The summed E-state index contributed by atoms with van der Waals surface area (Å²) < 4.78 is 7.41. The van der Waals surface area contributed by atoms with Crippen LogP contribution in [0.2, 0.25) is 0 Å². The lowest BCUT2D eigenvalue weighted by molar-refractivity contribution is 0.416. The normalized spacial score (nSPS) is 10.4.